The number of thiazole rings is 1. The highest BCUT2D eigenvalue weighted by Gasteiger charge is 2.16. The van der Waals surface area contributed by atoms with Gasteiger partial charge in [-0.3, -0.25) is 4.79 Å². The largest absolute Gasteiger partial charge is 0.463 e. The first kappa shape index (κ1) is 18.0. The van der Waals surface area contributed by atoms with Crippen LogP contribution in [0.1, 0.15) is 16.1 Å². The van der Waals surface area contributed by atoms with E-state index < -0.39 is 0 Å². The summed E-state index contributed by atoms with van der Waals surface area (Å²) in [5.74, 6) is 1.06. The Morgan fingerprint density at radius 1 is 1.21 bits per heavy atom. The van der Waals surface area contributed by atoms with E-state index >= 15 is 0 Å². The molecule has 0 unspecified atom stereocenters. The van der Waals surface area contributed by atoms with E-state index in [1.165, 1.54) is 11.3 Å². The Labute approximate surface area is 166 Å². The van der Waals surface area contributed by atoms with Gasteiger partial charge in [0.25, 0.3) is 5.91 Å². The first-order valence-corrected chi connectivity index (χ1v) is 9.54. The Kier molecular flexibility index (Phi) is 4.70. The lowest BCUT2D eigenvalue weighted by Gasteiger charge is -2.12. The molecule has 3 heterocycles. The molecule has 1 aromatic carbocycles. The number of carbonyl (C=O) groups excluding carboxylic acids is 1. The molecule has 0 saturated carbocycles. The van der Waals surface area contributed by atoms with Crippen LogP contribution in [-0.2, 0) is 0 Å². The first-order chi connectivity index (χ1) is 13.5. The molecular weight excluding hydrogens is 374 g/mol. The van der Waals surface area contributed by atoms with Crippen LogP contribution in [0.15, 0.2) is 58.5 Å². The van der Waals surface area contributed by atoms with E-state index in [4.69, 9.17) is 4.42 Å². The van der Waals surface area contributed by atoms with Gasteiger partial charge in [-0.25, -0.2) is 4.98 Å². The molecule has 4 aromatic rings. The number of nitrogens with zero attached hydrogens (tertiary/aromatic N) is 4. The van der Waals surface area contributed by atoms with Gasteiger partial charge in [-0.05, 0) is 43.3 Å². The molecule has 0 aliphatic rings. The number of hydrogen-bond donors (Lipinski definition) is 1. The molecule has 0 spiro atoms. The van der Waals surface area contributed by atoms with Gasteiger partial charge in [0.15, 0.2) is 5.76 Å². The molecule has 0 fully saturated rings. The third-order valence-corrected chi connectivity index (χ3v) is 4.98. The van der Waals surface area contributed by atoms with Gasteiger partial charge in [0.05, 0.1) is 12.0 Å². The van der Waals surface area contributed by atoms with Crippen molar-refractivity contribution < 1.29 is 9.21 Å². The fourth-order valence-corrected chi connectivity index (χ4v) is 3.51. The molecule has 0 atom stereocenters. The highest BCUT2D eigenvalue weighted by Crippen LogP contribution is 2.27. The van der Waals surface area contributed by atoms with Crippen molar-refractivity contribution in [1.29, 1.82) is 0 Å². The minimum absolute atomic E-state index is 0.200. The van der Waals surface area contributed by atoms with Gasteiger partial charge >= 0.3 is 0 Å². The number of carbonyl (C=O) groups is 1. The van der Waals surface area contributed by atoms with Crippen molar-refractivity contribution in [2.45, 2.75) is 6.92 Å². The number of aromatic nitrogens is 3. The predicted molar refractivity (Wildman–Crippen MR) is 110 cm³/mol. The first-order valence-electron chi connectivity index (χ1n) is 8.66. The Hall–Kier alpha value is -3.39. The van der Waals surface area contributed by atoms with Crippen LogP contribution < -0.4 is 10.2 Å². The lowest BCUT2D eigenvalue weighted by molar-refractivity contribution is 0.102. The summed E-state index contributed by atoms with van der Waals surface area (Å²) in [5, 5.41) is 9.95. The van der Waals surface area contributed by atoms with Crippen LogP contribution in [0.2, 0.25) is 0 Å². The van der Waals surface area contributed by atoms with E-state index in [1.807, 2.05) is 61.6 Å². The maximum atomic E-state index is 12.7. The Morgan fingerprint density at radius 2 is 2.00 bits per heavy atom. The quantitative estimate of drug-likeness (QED) is 0.549. The van der Waals surface area contributed by atoms with Crippen molar-refractivity contribution in [2.24, 2.45) is 0 Å². The molecule has 0 radical (unpaired) electrons. The number of hydrogen-bond acceptors (Lipinski definition) is 6. The Morgan fingerprint density at radius 3 is 2.68 bits per heavy atom. The Bertz CT molecular complexity index is 1090. The van der Waals surface area contributed by atoms with Crippen LogP contribution in [-0.4, -0.2) is 34.8 Å². The van der Waals surface area contributed by atoms with E-state index in [-0.39, 0.29) is 5.91 Å². The number of aryl methyl sites for hydroxylation is 1. The van der Waals surface area contributed by atoms with Gasteiger partial charge < -0.3 is 14.6 Å². The average molecular weight is 393 g/mol. The van der Waals surface area contributed by atoms with Gasteiger partial charge in [-0.15, -0.1) is 11.3 Å². The molecule has 1 amide bonds. The molecule has 28 heavy (non-hydrogen) atoms. The summed E-state index contributed by atoms with van der Waals surface area (Å²) in [6, 6.07) is 12.9. The summed E-state index contributed by atoms with van der Waals surface area (Å²) < 4.78 is 7.03. The molecule has 142 valence electrons. The van der Waals surface area contributed by atoms with Crippen LogP contribution in [0.3, 0.4) is 0 Å². The molecule has 0 bridgehead atoms. The minimum Gasteiger partial charge on any atom is -0.463 e. The fourth-order valence-electron chi connectivity index (χ4n) is 2.73. The van der Waals surface area contributed by atoms with Crippen LogP contribution in [0.5, 0.6) is 0 Å². The number of amides is 1. The van der Waals surface area contributed by atoms with Crippen LogP contribution in [0.4, 0.5) is 11.5 Å². The number of benzene rings is 1. The van der Waals surface area contributed by atoms with Gasteiger partial charge in [0.2, 0.25) is 5.13 Å². The maximum Gasteiger partial charge on any atom is 0.256 e. The summed E-state index contributed by atoms with van der Waals surface area (Å²) in [6.45, 7) is 1.87. The van der Waals surface area contributed by atoms with Crippen LogP contribution in [0.25, 0.3) is 16.6 Å². The van der Waals surface area contributed by atoms with Crippen molar-refractivity contribution >= 4 is 28.7 Å². The van der Waals surface area contributed by atoms with Crippen molar-refractivity contribution in [2.75, 3.05) is 24.3 Å². The van der Waals surface area contributed by atoms with Gasteiger partial charge in [-0.2, -0.15) is 9.78 Å². The SMILES string of the molecule is Cc1cc(NC(=O)c2ccc(N(C)C)cc2)n(-c2nc(-c3ccco3)cs2)n1. The topological polar surface area (TPSA) is 76.2 Å². The molecule has 0 saturated heterocycles. The monoisotopic (exact) mass is 393 g/mol. The van der Waals surface area contributed by atoms with Crippen LogP contribution in [0, 0.1) is 6.92 Å². The van der Waals surface area contributed by atoms with Crippen LogP contribution >= 0.6 is 11.3 Å². The molecule has 8 heteroatoms. The van der Waals surface area contributed by atoms with Crippen molar-refractivity contribution in [3.63, 3.8) is 0 Å². The Balaban J connectivity index is 1.59. The second-order valence-electron chi connectivity index (χ2n) is 6.47. The van der Waals surface area contributed by atoms with E-state index in [0.717, 1.165) is 17.1 Å². The summed E-state index contributed by atoms with van der Waals surface area (Å²) in [6.07, 6.45) is 1.61. The zero-order valence-corrected chi connectivity index (χ0v) is 16.5. The van der Waals surface area contributed by atoms with E-state index in [2.05, 4.69) is 15.4 Å². The molecule has 3 aromatic heterocycles. The summed E-state index contributed by atoms with van der Waals surface area (Å²) >= 11 is 1.43. The summed E-state index contributed by atoms with van der Waals surface area (Å²) in [7, 11) is 3.92. The zero-order chi connectivity index (χ0) is 19.7. The third-order valence-electron chi connectivity index (χ3n) is 4.17. The van der Waals surface area contributed by atoms with E-state index in [9.17, 15) is 4.79 Å². The number of rotatable bonds is 5. The highest BCUT2D eigenvalue weighted by atomic mass is 32.1. The number of nitrogens with one attached hydrogen (secondary N) is 1. The molecule has 0 aliphatic heterocycles. The zero-order valence-electron chi connectivity index (χ0n) is 15.7. The third kappa shape index (κ3) is 3.54. The number of furan rings is 1. The van der Waals surface area contributed by atoms with Gasteiger partial charge in [0.1, 0.15) is 11.5 Å². The predicted octanol–water partition coefficient (Wildman–Crippen LogP) is 4.22. The smallest absolute Gasteiger partial charge is 0.256 e. The van der Waals surface area contributed by atoms with Crippen molar-refractivity contribution in [3.8, 4) is 16.6 Å². The highest BCUT2D eigenvalue weighted by molar-refractivity contribution is 7.12. The lowest BCUT2D eigenvalue weighted by atomic mass is 10.2. The molecule has 1 N–H and O–H groups in total. The normalized spacial score (nSPS) is 10.8. The summed E-state index contributed by atoms with van der Waals surface area (Å²) in [5.41, 5.74) is 3.12. The van der Waals surface area contributed by atoms with E-state index in [1.54, 1.807) is 23.1 Å². The summed E-state index contributed by atoms with van der Waals surface area (Å²) in [4.78, 5) is 19.2. The van der Waals surface area contributed by atoms with Crippen molar-refractivity contribution in [3.05, 3.63) is 65.4 Å². The maximum absolute atomic E-state index is 12.7. The number of anilines is 2. The molecular formula is C20H19N5O2S. The van der Waals surface area contributed by atoms with Gasteiger partial charge in [0, 0.05) is 36.8 Å². The molecule has 7 nitrogen and oxygen atoms in total. The second kappa shape index (κ2) is 7.32. The lowest BCUT2D eigenvalue weighted by Crippen LogP contribution is -2.15. The van der Waals surface area contributed by atoms with E-state index in [0.29, 0.717) is 22.3 Å². The standard InChI is InChI=1S/C20H19N5O2S/c1-13-11-18(22-19(26)14-6-8-15(9-7-14)24(2)3)25(23-13)20-21-16(12-28-20)17-5-4-10-27-17/h4-12H,1-3H3,(H,22,26). The van der Waals surface area contributed by atoms with Gasteiger partial charge in [-0.1, -0.05) is 0 Å². The molecule has 0 aliphatic carbocycles. The second-order valence-corrected chi connectivity index (χ2v) is 7.31. The van der Waals surface area contributed by atoms with Crippen molar-refractivity contribution in [1.82, 2.24) is 14.8 Å². The molecule has 4 rings (SSSR count). The average Bonchev–Trinajstić information content (AvgIpc) is 3.42. The minimum atomic E-state index is -0.200. The fraction of sp³-hybridized carbons (Fsp3) is 0.150.